The van der Waals surface area contributed by atoms with Gasteiger partial charge in [-0.1, -0.05) is 11.6 Å². The van der Waals surface area contributed by atoms with Gasteiger partial charge in [0.1, 0.15) is 23.0 Å². The normalized spacial score (nSPS) is 15.6. The molecule has 0 unspecified atom stereocenters. The predicted octanol–water partition coefficient (Wildman–Crippen LogP) is 5.37. The summed E-state index contributed by atoms with van der Waals surface area (Å²) < 4.78 is 67.6. The topological polar surface area (TPSA) is 85.8 Å². The number of benzene rings is 2. The molecule has 4 rings (SSSR count). The van der Waals surface area contributed by atoms with Crippen LogP contribution in [0.2, 0.25) is 5.02 Å². The molecule has 1 amide bonds. The number of anilines is 2. The Labute approximate surface area is 201 Å². The van der Waals surface area contributed by atoms with Crippen LogP contribution in [0.25, 0.3) is 10.9 Å². The van der Waals surface area contributed by atoms with E-state index in [0.29, 0.717) is 23.9 Å². The number of nitrogens with zero attached hydrogens (tertiary/aromatic N) is 3. The third-order valence-electron chi connectivity index (χ3n) is 5.41. The quantitative estimate of drug-likeness (QED) is 0.335. The van der Waals surface area contributed by atoms with E-state index in [9.17, 15) is 22.4 Å². The van der Waals surface area contributed by atoms with Crippen molar-refractivity contribution < 1.29 is 36.6 Å². The van der Waals surface area contributed by atoms with Gasteiger partial charge in [0.15, 0.2) is 17.3 Å². The number of hydrogen-bond acceptors (Lipinski definition) is 7. The van der Waals surface area contributed by atoms with Crippen LogP contribution in [0.4, 0.5) is 33.9 Å². The van der Waals surface area contributed by atoms with Crippen molar-refractivity contribution in [2.45, 2.75) is 13.0 Å². The van der Waals surface area contributed by atoms with Crippen molar-refractivity contribution >= 4 is 40.1 Å². The Morgan fingerprint density at radius 1 is 1.26 bits per heavy atom. The number of halogens is 5. The van der Waals surface area contributed by atoms with Crippen LogP contribution < -0.4 is 14.8 Å². The number of methoxy groups -OCH3 is 1. The van der Waals surface area contributed by atoms with E-state index in [0.717, 1.165) is 12.1 Å². The number of hydrogen-bond donors (Lipinski definition) is 1. The second-order valence-electron chi connectivity index (χ2n) is 7.65. The van der Waals surface area contributed by atoms with E-state index >= 15 is 0 Å². The van der Waals surface area contributed by atoms with E-state index in [4.69, 9.17) is 21.1 Å². The summed E-state index contributed by atoms with van der Waals surface area (Å²) in [6.07, 6.45) is 1.01. The number of nitrogens with one attached hydrogen (secondary N) is 1. The second kappa shape index (κ2) is 10.5. The van der Waals surface area contributed by atoms with Crippen LogP contribution in [0.15, 0.2) is 30.6 Å². The van der Waals surface area contributed by atoms with E-state index in [-0.39, 0.29) is 42.1 Å². The van der Waals surface area contributed by atoms with Crippen molar-refractivity contribution in [3.8, 4) is 11.5 Å². The number of carbonyl (C=O) groups is 1. The molecule has 0 radical (unpaired) electrons. The summed E-state index contributed by atoms with van der Waals surface area (Å²) >= 11 is 5.65. The molecule has 8 nitrogen and oxygen atoms in total. The molecule has 0 bridgehead atoms. The fourth-order valence-electron chi connectivity index (χ4n) is 3.65. The van der Waals surface area contributed by atoms with Gasteiger partial charge in [0.05, 0.1) is 24.9 Å². The Morgan fingerprint density at radius 3 is 2.80 bits per heavy atom. The minimum atomic E-state index is -2.87. The molecular formula is C22H19ClF4N4O4. The van der Waals surface area contributed by atoms with Gasteiger partial charge in [-0.25, -0.2) is 23.5 Å². The fourth-order valence-corrected chi connectivity index (χ4v) is 3.82. The zero-order valence-corrected chi connectivity index (χ0v) is 19.0. The Balaban J connectivity index is 1.58. The Bertz CT molecular complexity index is 1250. The van der Waals surface area contributed by atoms with E-state index in [1.165, 1.54) is 30.5 Å². The molecule has 1 fully saturated rings. The van der Waals surface area contributed by atoms with Gasteiger partial charge in [-0.2, -0.15) is 8.78 Å². The van der Waals surface area contributed by atoms with Crippen molar-refractivity contribution in [3.63, 3.8) is 0 Å². The number of rotatable bonds is 7. The predicted molar refractivity (Wildman–Crippen MR) is 118 cm³/mol. The molecule has 1 saturated heterocycles. The highest BCUT2D eigenvalue weighted by atomic mass is 35.5. The average Bonchev–Trinajstić information content (AvgIpc) is 3.32. The lowest BCUT2D eigenvalue weighted by Crippen LogP contribution is -2.32. The number of alkyl halides is 2. The lowest BCUT2D eigenvalue weighted by Gasteiger charge is -2.18. The van der Waals surface area contributed by atoms with E-state index < -0.39 is 29.4 Å². The van der Waals surface area contributed by atoms with Crippen LogP contribution in [-0.2, 0) is 4.74 Å². The van der Waals surface area contributed by atoms with Crippen LogP contribution in [0.1, 0.15) is 6.42 Å². The van der Waals surface area contributed by atoms with Gasteiger partial charge in [0, 0.05) is 30.5 Å². The summed E-state index contributed by atoms with van der Waals surface area (Å²) in [4.78, 5) is 22.3. The number of carbonyl (C=O) groups excluding carboxylic acids is 1. The van der Waals surface area contributed by atoms with Crippen LogP contribution in [0.3, 0.4) is 0 Å². The first kappa shape index (κ1) is 24.7. The maximum absolute atomic E-state index is 14.4. The summed E-state index contributed by atoms with van der Waals surface area (Å²) in [6.45, 7) is -2.53. The Morgan fingerprint density at radius 2 is 2.06 bits per heavy atom. The molecule has 1 aliphatic rings. The largest absolute Gasteiger partial charge is 0.493 e. The molecule has 2 heterocycles. The van der Waals surface area contributed by atoms with Gasteiger partial charge in [-0.05, 0) is 24.6 Å². The van der Waals surface area contributed by atoms with Crippen molar-refractivity contribution in [1.29, 1.82) is 0 Å². The Kier molecular flexibility index (Phi) is 7.41. The average molecular weight is 515 g/mol. The number of fused-ring (bicyclic) bond motifs is 1. The molecule has 1 N–H and O–H groups in total. The molecule has 1 atom stereocenters. The summed E-state index contributed by atoms with van der Waals surface area (Å²) in [7, 11) is 1.38. The SMILES string of the molecule is COc1cc2ncnc(Nc3ccc(F)c(Cl)c3F)c2cc1OC(=O)N1CC[C@@H](COC(F)F)C1. The fraction of sp³-hybridized carbons (Fsp3) is 0.318. The van der Waals surface area contributed by atoms with Crippen LogP contribution >= 0.6 is 11.6 Å². The summed E-state index contributed by atoms with van der Waals surface area (Å²) in [6, 6.07) is 5.10. The smallest absolute Gasteiger partial charge is 0.415 e. The molecule has 13 heteroatoms. The highest BCUT2D eigenvalue weighted by Crippen LogP contribution is 2.36. The minimum absolute atomic E-state index is 0.0349. The van der Waals surface area contributed by atoms with Gasteiger partial charge in [-0.3, -0.25) is 0 Å². The van der Waals surface area contributed by atoms with Crippen molar-refractivity contribution in [3.05, 3.63) is 47.2 Å². The van der Waals surface area contributed by atoms with Crippen LogP contribution in [0.5, 0.6) is 11.5 Å². The monoisotopic (exact) mass is 514 g/mol. The van der Waals surface area contributed by atoms with E-state index in [2.05, 4.69) is 20.0 Å². The first-order chi connectivity index (χ1) is 16.8. The molecule has 35 heavy (non-hydrogen) atoms. The van der Waals surface area contributed by atoms with Crippen molar-refractivity contribution in [1.82, 2.24) is 14.9 Å². The second-order valence-corrected chi connectivity index (χ2v) is 8.03. The molecule has 3 aromatic rings. The first-order valence-electron chi connectivity index (χ1n) is 10.4. The number of aromatic nitrogens is 2. The molecular weight excluding hydrogens is 496 g/mol. The number of likely N-dealkylation sites (tertiary alicyclic amines) is 1. The highest BCUT2D eigenvalue weighted by molar-refractivity contribution is 6.31. The molecule has 0 spiro atoms. The van der Waals surface area contributed by atoms with Gasteiger partial charge in [0.25, 0.3) is 0 Å². The zero-order chi connectivity index (χ0) is 25.1. The highest BCUT2D eigenvalue weighted by Gasteiger charge is 2.29. The van der Waals surface area contributed by atoms with Gasteiger partial charge in [-0.15, -0.1) is 0 Å². The molecule has 1 aromatic heterocycles. The maximum Gasteiger partial charge on any atom is 0.415 e. The summed E-state index contributed by atoms with van der Waals surface area (Å²) in [5.41, 5.74) is 0.262. The first-order valence-corrected chi connectivity index (χ1v) is 10.7. The van der Waals surface area contributed by atoms with Gasteiger partial charge in [0.2, 0.25) is 0 Å². The molecule has 1 aliphatic heterocycles. The molecule has 0 aliphatic carbocycles. The third-order valence-corrected chi connectivity index (χ3v) is 5.75. The Hall–Kier alpha value is -3.38. The summed E-state index contributed by atoms with van der Waals surface area (Å²) in [5, 5.41) is 2.42. The van der Waals surface area contributed by atoms with Crippen LogP contribution in [-0.4, -0.2) is 54.4 Å². The van der Waals surface area contributed by atoms with Crippen molar-refractivity contribution in [2.24, 2.45) is 5.92 Å². The molecule has 2 aromatic carbocycles. The molecule has 0 saturated carbocycles. The summed E-state index contributed by atoms with van der Waals surface area (Å²) in [5.74, 6) is -1.78. The zero-order valence-electron chi connectivity index (χ0n) is 18.2. The minimum Gasteiger partial charge on any atom is -0.493 e. The van der Waals surface area contributed by atoms with Crippen LogP contribution in [0, 0.1) is 17.6 Å². The number of ether oxygens (including phenoxy) is 3. The van der Waals surface area contributed by atoms with E-state index in [1.54, 1.807) is 0 Å². The standard InChI is InChI=1S/C22H19ClF4N4O4/c1-33-16-7-15-12(20(29-10-28-15)30-14-3-2-13(24)18(23)19(14)25)6-17(16)35-22(32)31-5-4-11(8-31)9-34-21(26)27/h2-3,6-7,10-11,21H,4-5,8-9H2,1H3,(H,28,29,30)/t11-/m1/s1. The molecule has 186 valence electrons. The van der Waals surface area contributed by atoms with E-state index in [1.807, 2.05) is 0 Å². The van der Waals surface area contributed by atoms with Gasteiger partial charge < -0.3 is 24.4 Å². The third kappa shape index (κ3) is 5.49. The van der Waals surface area contributed by atoms with Gasteiger partial charge >= 0.3 is 12.7 Å². The lowest BCUT2D eigenvalue weighted by atomic mass is 10.1. The maximum atomic E-state index is 14.4. The number of amides is 1. The lowest BCUT2D eigenvalue weighted by molar-refractivity contribution is -0.137. The van der Waals surface area contributed by atoms with Crippen molar-refractivity contribution in [2.75, 3.05) is 32.1 Å².